The van der Waals surface area contributed by atoms with Gasteiger partial charge in [-0.25, -0.2) is 0 Å². The lowest BCUT2D eigenvalue weighted by Crippen LogP contribution is -2.20. The van der Waals surface area contributed by atoms with E-state index < -0.39 is 5.91 Å². The molecule has 3 rings (SSSR count). The molecule has 2 aromatic rings. The molecule has 0 fully saturated rings. The van der Waals surface area contributed by atoms with E-state index in [1.165, 1.54) is 23.1 Å². The normalized spacial score (nSPS) is 13.4. The van der Waals surface area contributed by atoms with Crippen LogP contribution in [0.3, 0.4) is 0 Å². The van der Waals surface area contributed by atoms with E-state index in [0.29, 0.717) is 45.1 Å². The van der Waals surface area contributed by atoms with Crippen molar-refractivity contribution in [2.45, 2.75) is 17.9 Å². The second-order valence-corrected chi connectivity index (χ2v) is 8.17. The van der Waals surface area contributed by atoms with Gasteiger partial charge in [0.25, 0.3) is 5.91 Å². The van der Waals surface area contributed by atoms with Gasteiger partial charge in [0.15, 0.2) is 0 Å². The van der Waals surface area contributed by atoms with Crippen LogP contribution in [-0.4, -0.2) is 24.2 Å². The van der Waals surface area contributed by atoms with Crippen LogP contribution < -0.4 is 11.1 Å². The van der Waals surface area contributed by atoms with Gasteiger partial charge in [0.2, 0.25) is 5.91 Å². The Kier molecular flexibility index (Phi) is 5.91. The zero-order chi connectivity index (χ0) is 18.0. The van der Waals surface area contributed by atoms with Crippen molar-refractivity contribution in [3.8, 4) is 0 Å². The maximum atomic E-state index is 12.3. The summed E-state index contributed by atoms with van der Waals surface area (Å²) in [5.41, 5.74) is 6.76. The number of thioether (sulfide) groups is 1. The quantitative estimate of drug-likeness (QED) is 0.722. The number of thiophene rings is 1. The molecule has 25 heavy (non-hydrogen) atoms. The third kappa shape index (κ3) is 4.12. The minimum Gasteiger partial charge on any atom is -0.376 e. The second kappa shape index (κ2) is 7.97. The molecule has 0 bridgehead atoms. The summed E-state index contributed by atoms with van der Waals surface area (Å²) in [6.07, 6.45) is 0.615. The van der Waals surface area contributed by atoms with E-state index in [-0.39, 0.29) is 11.7 Å². The number of hydrogen-bond acceptors (Lipinski definition) is 5. The van der Waals surface area contributed by atoms with Crippen LogP contribution in [0.1, 0.15) is 20.8 Å². The van der Waals surface area contributed by atoms with Gasteiger partial charge in [-0.3, -0.25) is 9.59 Å². The fraction of sp³-hybridized carbons (Fsp3) is 0.250. The molecule has 9 heteroatoms. The van der Waals surface area contributed by atoms with Crippen molar-refractivity contribution in [1.82, 2.24) is 0 Å². The Bertz CT molecular complexity index is 819. The van der Waals surface area contributed by atoms with E-state index in [0.717, 1.165) is 10.4 Å². The molecule has 2 amide bonds. The summed E-state index contributed by atoms with van der Waals surface area (Å²) in [6, 6.07) is 5.17. The van der Waals surface area contributed by atoms with E-state index in [1.54, 1.807) is 18.2 Å². The Labute approximate surface area is 162 Å². The third-order valence-electron chi connectivity index (χ3n) is 3.59. The minimum absolute atomic E-state index is 0.112. The van der Waals surface area contributed by atoms with Crippen molar-refractivity contribution in [1.29, 1.82) is 0 Å². The zero-order valence-electron chi connectivity index (χ0n) is 12.9. The summed E-state index contributed by atoms with van der Waals surface area (Å²) in [5, 5.41) is 4.23. The van der Waals surface area contributed by atoms with Gasteiger partial charge in [0.05, 0.1) is 34.6 Å². The van der Waals surface area contributed by atoms with E-state index in [9.17, 15) is 9.59 Å². The van der Waals surface area contributed by atoms with Crippen molar-refractivity contribution < 1.29 is 14.3 Å². The number of carbonyl (C=O) groups is 2. The fourth-order valence-corrected chi connectivity index (χ4v) is 5.19. The predicted octanol–water partition coefficient (Wildman–Crippen LogP) is 3.96. The van der Waals surface area contributed by atoms with Crippen LogP contribution in [0, 0.1) is 0 Å². The van der Waals surface area contributed by atoms with Crippen LogP contribution in [0.2, 0.25) is 10.0 Å². The molecule has 5 nitrogen and oxygen atoms in total. The maximum absolute atomic E-state index is 12.3. The number of benzene rings is 1. The highest BCUT2D eigenvalue weighted by molar-refractivity contribution is 8.00. The maximum Gasteiger partial charge on any atom is 0.251 e. The van der Waals surface area contributed by atoms with Crippen LogP contribution >= 0.6 is 46.3 Å². The number of nitrogens with two attached hydrogens (primary N) is 1. The smallest absolute Gasteiger partial charge is 0.251 e. The Morgan fingerprint density at radius 2 is 2.04 bits per heavy atom. The lowest BCUT2D eigenvalue weighted by atomic mass is 10.1. The number of nitrogens with one attached hydrogen (secondary N) is 1. The highest BCUT2D eigenvalue weighted by Crippen LogP contribution is 2.37. The molecule has 2 heterocycles. The number of carbonyl (C=O) groups excluding carboxylic acids is 2. The van der Waals surface area contributed by atoms with Gasteiger partial charge in [-0.2, -0.15) is 0 Å². The number of fused-ring (bicyclic) bond motifs is 1. The Morgan fingerprint density at radius 1 is 1.32 bits per heavy atom. The summed E-state index contributed by atoms with van der Waals surface area (Å²) in [7, 11) is 0. The van der Waals surface area contributed by atoms with Crippen LogP contribution in [0.5, 0.6) is 0 Å². The van der Waals surface area contributed by atoms with E-state index >= 15 is 0 Å². The molecule has 0 radical (unpaired) electrons. The number of halogens is 2. The molecule has 0 atom stereocenters. The van der Waals surface area contributed by atoms with Crippen molar-refractivity contribution in [3.63, 3.8) is 0 Å². The molecule has 1 aliphatic heterocycles. The van der Waals surface area contributed by atoms with Gasteiger partial charge in [-0.1, -0.05) is 29.3 Å². The molecule has 0 saturated carbocycles. The van der Waals surface area contributed by atoms with Gasteiger partial charge < -0.3 is 15.8 Å². The van der Waals surface area contributed by atoms with Crippen LogP contribution in [0.4, 0.5) is 5.00 Å². The van der Waals surface area contributed by atoms with E-state index in [2.05, 4.69) is 5.32 Å². The van der Waals surface area contributed by atoms with E-state index in [1.807, 2.05) is 0 Å². The van der Waals surface area contributed by atoms with E-state index in [4.69, 9.17) is 33.7 Å². The molecule has 0 spiro atoms. The predicted molar refractivity (Wildman–Crippen MR) is 102 cm³/mol. The second-order valence-electron chi connectivity index (χ2n) is 5.26. The lowest BCUT2D eigenvalue weighted by Gasteiger charge is -2.12. The molecule has 1 aromatic carbocycles. The van der Waals surface area contributed by atoms with Crippen molar-refractivity contribution >= 4 is 63.1 Å². The molecule has 0 aliphatic carbocycles. The van der Waals surface area contributed by atoms with Gasteiger partial charge in [0.1, 0.15) is 5.00 Å². The third-order valence-corrected chi connectivity index (χ3v) is 6.70. The summed E-state index contributed by atoms with van der Waals surface area (Å²) in [5.74, 6) is -0.694. The highest BCUT2D eigenvalue weighted by atomic mass is 35.5. The Hall–Kier alpha value is -1.25. The number of primary amides is 1. The number of amides is 2. The minimum atomic E-state index is -0.545. The Balaban J connectivity index is 1.73. The first-order valence-electron chi connectivity index (χ1n) is 7.36. The fourth-order valence-electron chi connectivity index (χ4n) is 2.50. The molecule has 3 N–H and O–H groups in total. The average molecular weight is 417 g/mol. The van der Waals surface area contributed by atoms with Crippen LogP contribution in [0.15, 0.2) is 23.1 Å². The highest BCUT2D eigenvalue weighted by Gasteiger charge is 2.25. The standard InChI is InChI=1S/C16H14Cl2N2O3S2/c17-9-2-1-3-10(18)14(9)24-7-12(21)20-16-13(15(19)22)8-4-5-23-6-11(8)25-16/h1-3H,4-7H2,(H2,19,22)(H,20,21). The molecule has 1 aliphatic rings. The summed E-state index contributed by atoms with van der Waals surface area (Å²) in [6.45, 7) is 0.971. The monoisotopic (exact) mass is 416 g/mol. The summed E-state index contributed by atoms with van der Waals surface area (Å²) < 4.78 is 5.39. The summed E-state index contributed by atoms with van der Waals surface area (Å²) in [4.78, 5) is 25.7. The number of ether oxygens (including phenoxy) is 1. The first kappa shape index (κ1) is 18.5. The van der Waals surface area contributed by atoms with Crippen molar-refractivity contribution in [2.24, 2.45) is 5.73 Å². The number of anilines is 1. The lowest BCUT2D eigenvalue weighted by molar-refractivity contribution is -0.113. The first-order valence-corrected chi connectivity index (χ1v) is 9.92. The molecule has 0 saturated heterocycles. The van der Waals surface area contributed by atoms with Gasteiger partial charge >= 0.3 is 0 Å². The van der Waals surface area contributed by atoms with Crippen LogP contribution in [0.25, 0.3) is 0 Å². The number of hydrogen-bond donors (Lipinski definition) is 2. The molecule has 132 valence electrons. The largest absolute Gasteiger partial charge is 0.376 e. The zero-order valence-corrected chi connectivity index (χ0v) is 16.1. The topological polar surface area (TPSA) is 81.4 Å². The van der Waals surface area contributed by atoms with Gasteiger partial charge in [0, 0.05) is 9.77 Å². The Morgan fingerprint density at radius 3 is 2.72 bits per heavy atom. The molecule has 1 aromatic heterocycles. The van der Waals surface area contributed by atoms with Gasteiger partial charge in [-0.05, 0) is 24.1 Å². The molecule has 0 unspecified atom stereocenters. The number of rotatable bonds is 5. The van der Waals surface area contributed by atoms with Crippen LogP contribution in [-0.2, 0) is 22.6 Å². The summed E-state index contributed by atoms with van der Waals surface area (Å²) >= 11 is 14.8. The molecular weight excluding hydrogens is 403 g/mol. The van der Waals surface area contributed by atoms with Crippen molar-refractivity contribution in [3.05, 3.63) is 44.2 Å². The average Bonchev–Trinajstić information content (AvgIpc) is 2.92. The SMILES string of the molecule is NC(=O)c1c(NC(=O)CSc2c(Cl)cccc2Cl)sc2c1CCOC2. The first-order chi connectivity index (χ1) is 12.0. The van der Waals surface area contributed by atoms with Gasteiger partial charge in [-0.15, -0.1) is 23.1 Å². The molecular formula is C16H14Cl2N2O3S2. The van der Waals surface area contributed by atoms with Crippen molar-refractivity contribution in [2.75, 3.05) is 17.7 Å².